The van der Waals surface area contributed by atoms with E-state index in [9.17, 15) is 5.11 Å². The lowest BCUT2D eigenvalue weighted by molar-refractivity contribution is 0.0615. The summed E-state index contributed by atoms with van der Waals surface area (Å²) in [7, 11) is 3.36. The highest BCUT2D eigenvalue weighted by atomic mass is 16.5. The van der Waals surface area contributed by atoms with Crippen molar-refractivity contribution < 1.29 is 14.6 Å². The Morgan fingerprint density at radius 1 is 1.30 bits per heavy atom. The van der Waals surface area contributed by atoms with Gasteiger partial charge in [-0.2, -0.15) is 0 Å². The molecule has 9 heteroatoms. The van der Waals surface area contributed by atoms with Gasteiger partial charge in [-0.15, -0.1) is 0 Å². The highest BCUT2D eigenvalue weighted by Crippen LogP contribution is 2.40. The van der Waals surface area contributed by atoms with Crippen LogP contribution in [0.5, 0.6) is 5.88 Å². The molecular formula is C24H34N6O3. The normalized spacial score (nSPS) is 16.3. The second kappa shape index (κ2) is 8.81. The van der Waals surface area contributed by atoms with Crippen LogP contribution >= 0.6 is 0 Å². The molecule has 0 radical (unpaired) electrons. The molecule has 9 nitrogen and oxygen atoms in total. The van der Waals surface area contributed by atoms with Crippen LogP contribution in [0.25, 0.3) is 27.6 Å². The van der Waals surface area contributed by atoms with Gasteiger partial charge < -0.3 is 29.9 Å². The number of hydrazine groups is 1. The van der Waals surface area contributed by atoms with Gasteiger partial charge in [0.25, 0.3) is 0 Å². The van der Waals surface area contributed by atoms with Crippen LogP contribution in [0.4, 0.5) is 0 Å². The number of methoxy groups -OCH3 is 1. The van der Waals surface area contributed by atoms with Gasteiger partial charge in [-0.1, -0.05) is 0 Å². The van der Waals surface area contributed by atoms with Gasteiger partial charge in [0, 0.05) is 56.0 Å². The standard InChI is InChI=1S/C24H34N6O3/c1-14(25)21(29(4)26)16-10-18-20(27-11-16)19-22(30(18)13-15-6-8-33-9-7-15)17(24(2,3)31)12-28-23(19)32-5/h10-12,15,31H,6-9,13,25-26H2,1-5H3/b21-14-. The first-order chi connectivity index (χ1) is 15.6. The van der Waals surface area contributed by atoms with Crippen molar-refractivity contribution in [3.63, 3.8) is 0 Å². The van der Waals surface area contributed by atoms with Crippen LogP contribution in [0.1, 0.15) is 44.7 Å². The molecule has 1 saturated heterocycles. The summed E-state index contributed by atoms with van der Waals surface area (Å²) in [5.41, 5.74) is 10.5. The summed E-state index contributed by atoms with van der Waals surface area (Å²) in [5, 5.41) is 13.3. The minimum atomic E-state index is -1.10. The maximum absolute atomic E-state index is 11.0. The molecule has 0 aromatic carbocycles. The SMILES string of the molecule is COc1ncc(C(C)(C)O)c2c1c1ncc(/C(=C(\C)N)N(C)N)cc1n2CC1CCOCC1. The number of hydrogen-bond acceptors (Lipinski definition) is 8. The molecule has 33 heavy (non-hydrogen) atoms. The Morgan fingerprint density at radius 2 is 2.00 bits per heavy atom. The summed E-state index contributed by atoms with van der Waals surface area (Å²) in [4.78, 5) is 9.32. The number of hydrogen-bond donors (Lipinski definition) is 3. The van der Waals surface area contributed by atoms with Crippen molar-refractivity contribution in [2.45, 2.75) is 45.8 Å². The van der Waals surface area contributed by atoms with E-state index in [-0.39, 0.29) is 0 Å². The molecule has 1 aliphatic rings. The molecule has 3 aromatic heterocycles. The van der Waals surface area contributed by atoms with E-state index >= 15 is 0 Å². The van der Waals surface area contributed by atoms with Gasteiger partial charge in [-0.05, 0) is 45.6 Å². The van der Waals surface area contributed by atoms with Crippen molar-refractivity contribution in [1.29, 1.82) is 0 Å². The van der Waals surface area contributed by atoms with E-state index in [0.29, 0.717) is 23.2 Å². The first-order valence-corrected chi connectivity index (χ1v) is 11.2. The number of nitrogens with zero attached hydrogens (tertiary/aromatic N) is 4. The van der Waals surface area contributed by atoms with E-state index in [1.165, 1.54) is 5.01 Å². The summed E-state index contributed by atoms with van der Waals surface area (Å²) >= 11 is 0. The molecule has 0 saturated carbocycles. The third-order valence-electron chi connectivity index (χ3n) is 6.32. The smallest absolute Gasteiger partial charge is 0.224 e. The molecule has 1 fully saturated rings. The minimum Gasteiger partial charge on any atom is -0.480 e. The van der Waals surface area contributed by atoms with Crippen LogP contribution in [0.2, 0.25) is 0 Å². The molecule has 178 valence electrons. The fraction of sp³-hybridized carbons (Fsp3) is 0.500. The van der Waals surface area contributed by atoms with Crippen LogP contribution in [0.15, 0.2) is 24.2 Å². The molecular weight excluding hydrogens is 420 g/mol. The number of allylic oxidation sites excluding steroid dienone is 1. The van der Waals surface area contributed by atoms with E-state index in [2.05, 4.69) is 15.6 Å². The summed E-state index contributed by atoms with van der Waals surface area (Å²) in [6, 6.07) is 2.06. The fourth-order valence-corrected chi connectivity index (χ4v) is 4.77. The summed E-state index contributed by atoms with van der Waals surface area (Å²) in [6.07, 6.45) is 5.43. The molecule has 0 aliphatic carbocycles. The number of aliphatic hydroxyl groups is 1. The Morgan fingerprint density at radius 3 is 2.58 bits per heavy atom. The lowest BCUT2D eigenvalue weighted by atomic mass is 9.97. The van der Waals surface area contributed by atoms with Crippen molar-refractivity contribution in [2.75, 3.05) is 27.4 Å². The largest absolute Gasteiger partial charge is 0.480 e. The van der Waals surface area contributed by atoms with Crippen LogP contribution in [-0.4, -0.2) is 52.0 Å². The van der Waals surface area contributed by atoms with Crippen molar-refractivity contribution in [3.05, 3.63) is 35.3 Å². The number of rotatable bonds is 6. The minimum absolute atomic E-state index is 0.443. The second-order valence-electron chi connectivity index (χ2n) is 9.36. The van der Waals surface area contributed by atoms with Gasteiger partial charge in [0.05, 0.1) is 34.8 Å². The average molecular weight is 455 g/mol. The van der Waals surface area contributed by atoms with E-state index in [1.807, 2.05) is 6.92 Å². The first-order valence-electron chi connectivity index (χ1n) is 11.2. The van der Waals surface area contributed by atoms with Gasteiger partial charge in [0.1, 0.15) is 5.52 Å². The number of fused-ring (bicyclic) bond motifs is 3. The Balaban J connectivity index is 2.08. The maximum atomic E-state index is 11.0. The van der Waals surface area contributed by atoms with Crippen molar-refractivity contribution >= 4 is 27.6 Å². The highest BCUT2D eigenvalue weighted by Gasteiger charge is 2.29. The van der Waals surface area contributed by atoms with Crippen molar-refractivity contribution in [1.82, 2.24) is 19.5 Å². The molecule has 4 heterocycles. The molecule has 0 unspecified atom stereocenters. The lowest BCUT2D eigenvalue weighted by Crippen LogP contribution is -2.26. The number of nitrogens with two attached hydrogens (primary N) is 2. The molecule has 1 aliphatic heterocycles. The van der Waals surface area contributed by atoms with Gasteiger partial charge in [-0.3, -0.25) is 4.98 Å². The molecule has 5 N–H and O–H groups in total. The van der Waals surface area contributed by atoms with E-state index in [1.54, 1.807) is 40.4 Å². The zero-order valence-corrected chi connectivity index (χ0v) is 20.1. The van der Waals surface area contributed by atoms with Crippen molar-refractivity contribution in [3.8, 4) is 5.88 Å². The van der Waals surface area contributed by atoms with Gasteiger partial charge >= 0.3 is 0 Å². The Hall–Kier alpha value is -2.88. The Labute approximate surface area is 193 Å². The summed E-state index contributed by atoms with van der Waals surface area (Å²) in [6.45, 7) is 7.64. The lowest BCUT2D eigenvalue weighted by Gasteiger charge is -2.25. The van der Waals surface area contributed by atoms with Gasteiger partial charge in [-0.25, -0.2) is 10.8 Å². The summed E-state index contributed by atoms with van der Waals surface area (Å²) in [5.74, 6) is 7.01. The monoisotopic (exact) mass is 454 g/mol. The molecule has 0 spiro atoms. The third-order valence-corrected chi connectivity index (χ3v) is 6.32. The molecule has 3 aromatic rings. The zero-order chi connectivity index (χ0) is 23.9. The maximum Gasteiger partial charge on any atom is 0.224 e. The van der Waals surface area contributed by atoms with Crippen LogP contribution in [0, 0.1) is 5.92 Å². The van der Waals surface area contributed by atoms with Crippen LogP contribution in [-0.2, 0) is 16.9 Å². The molecule has 0 amide bonds. The fourth-order valence-electron chi connectivity index (χ4n) is 4.77. The predicted octanol–water partition coefficient (Wildman–Crippen LogP) is 2.70. The molecule has 4 rings (SSSR count). The quantitative estimate of drug-likeness (QED) is 0.384. The van der Waals surface area contributed by atoms with Crippen molar-refractivity contribution in [2.24, 2.45) is 17.5 Å². The number of aromatic nitrogens is 3. The zero-order valence-electron chi connectivity index (χ0n) is 20.1. The number of pyridine rings is 2. The first kappa shape index (κ1) is 23.3. The van der Waals surface area contributed by atoms with Crippen LogP contribution < -0.4 is 16.3 Å². The number of ether oxygens (including phenoxy) is 2. The Kier molecular flexibility index (Phi) is 6.22. The van der Waals surface area contributed by atoms with E-state index < -0.39 is 5.60 Å². The van der Waals surface area contributed by atoms with Gasteiger partial charge in [0.2, 0.25) is 5.88 Å². The van der Waals surface area contributed by atoms with E-state index in [0.717, 1.165) is 65.7 Å². The topological polar surface area (TPSA) is 125 Å². The highest BCUT2D eigenvalue weighted by molar-refractivity contribution is 6.10. The third kappa shape index (κ3) is 4.23. The molecule has 0 bridgehead atoms. The summed E-state index contributed by atoms with van der Waals surface area (Å²) < 4.78 is 13.5. The predicted molar refractivity (Wildman–Crippen MR) is 129 cm³/mol. The Bertz CT molecular complexity index is 1200. The average Bonchev–Trinajstić information content (AvgIpc) is 3.06. The second-order valence-corrected chi connectivity index (χ2v) is 9.36. The van der Waals surface area contributed by atoms with Crippen LogP contribution in [0.3, 0.4) is 0 Å². The van der Waals surface area contributed by atoms with E-state index in [4.69, 9.17) is 26.0 Å². The van der Waals surface area contributed by atoms with Gasteiger partial charge in [0.15, 0.2) is 0 Å². The molecule has 0 atom stereocenters.